The molecule has 4 N–H and O–H groups in total. The van der Waals surface area contributed by atoms with E-state index in [2.05, 4.69) is 0 Å². The zero-order valence-electron chi connectivity index (χ0n) is 11.4. The Morgan fingerprint density at radius 3 is 2.59 bits per heavy atom. The van der Waals surface area contributed by atoms with Gasteiger partial charge in [-0.3, -0.25) is 0 Å². The molecule has 2 aliphatic heterocycles. The van der Waals surface area contributed by atoms with Crippen LogP contribution in [0.5, 0.6) is 23.0 Å². The summed E-state index contributed by atoms with van der Waals surface area (Å²) >= 11 is 0. The van der Waals surface area contributed by atoms with Gasteiger partial charge < -0.3 is 29.9 Å². The highest BCUT2D eigenvalue weighted by Crippen LogP contribution is 2.49. The van der Waals surface area contributed by atoms with Crippen molar-refractivity contribution in [1.82, 2.24) is 0 Å². The fraction of sp³-hybridized carbons (Fsp3) is 0.250. The lowest BCUT2D eigenvalue weighted by molar-refractivity contribution is -0.127. The molecular formula is C16H14O6. The van der Waals surface area contributed by atoms with Crippen LogP contribution in [0, 0.1) is 0 Å². The van der Waals surface area contributed by atoms with Gasteiger partial charge in [0.15, 0.2) is 17.6 Å². The van der Waals surface area contributed by atoms with E-state index in [9.17, 15) is 20.4 Å². The van der Waals surface area contributed by atoms with Gasteiger partial charge in [0.25, 0.3) is 0 Å². The Morgan fingerprint density at radius 1 is 1.00 bits per heavy atom. The highest BCUT2D eigenvalue weighted by Gasteiger charge is 2.43. The summed E-state index contributed by atoms with van der Waals surface area (Å²) < 4.78 is 11.5. The van der Waals surface area contributed by atoms with Crippen molar-refractivity contribution >= 4 is 0 Å². The summed E-state index contributed by atoms with van der Waals surface area (Å²) in [5, 5.41) is 39.6. The van der Waals surface area contributed by atoms with Crippen LogP contribution in [-0.4, -0.2) is 26.5 Å². The minimum absolute atomic E-state index is 0.0369. The van der Waals surface area contributed by atoms with E-state index in [1.54, 1.807) is 12.1 Å². The van der Waals surface area contributed by atoms with Crippen molar-refractivity contribution in [3.8, 4) is 23.0 Å². The highest BCUT2D eigenvalue weighted by atomic mass is 16.6. The molecule has 0 radical (unpaired) electrons. The van der Waals surface area contributed by atoms with Gasteiger partial charge in [-0.1, -0.05) is 6.07 Å². The number of phenols is 3. The predicted octanol–water partition coefficient (Wildman–Crippen LogP) is 1.87. The smallest absolute Gasteiger partial charge is 0.163 e. The molecule has 0 saturated heterocycles. The first-order valence-corrected chi connectivity index (χ1v) is 6.89. The van der Waals surface area contributed by atoms with Crippen LogP contribution < -0.4 is 4.74 Å². The van der Waals surface area contributed by atoms with Crippen molar-refractivity contribution in [2.45, 2.75) is 24.9 Å². The standard InChI is InChI=1S/C16H14O6/c17-7-1-2-9-12(5-7)22-15-8-3-4-11(18)13(19)10(8)6-21-16(15)14(9)20/h1-5,14-20H,6H2/t14-,15-,16-/m1/s1. The van der Waals surface area contributed by atoms with Crippen molar-refractivity contribution in [2.75, 3.05) is 0 Å². The molecule has 0 aliphatic carbocycles. The van der Waals surface area contributed by atoms with Crippen molar-refractivity contribution < 1.29 is 29.9 Å². The zero-order valence-corrected chi connectivity index (χ0v) is 11.4. The van der Waals surface area contributed by atoms with Crippen LogP contribution in [0.4, 0.5) is 0 Å². The van der Waals surface area contributed by atoms with Crippen LogP contribution in [0.3, 0.4) is 0 Å². The van der Waals surface area contributed by atoms with Gasteiger partial charge in [-0.25, -0.2) is 0 Å². The molecule has 0 spiro atoms. The number of phenolic OH excluding ortho intramolecular Hbond substituents is 3. The van der Waals surface area contributed by atoms with Crippen LogP contribution in [0.15, 0.2) is 30.3 Å². The molecule has 0 unspecified atom stereocenters. The Balaban J connectivity index is 1.84. The van der Waals surface area contributed by atoms with Gasteiger partial charge in [0.2, 0.25) is 0 Å². The second-order valence-electron chi connectivity index (χ2n) is 5.48. The summed E-state index contributed by atoms with van der Waals surface area (Å²) in [5.41, 5.74) is 1.64. The Bertz CT molecular complexity index is 757. The molecule has 3 atom stereocenters. The normalized spacial score (nSPS) is 25.6. The molecule has 0 fully saturated rings. The van der Waals surface area contributed by atoms with Crippen LogP contribution in [-0.2, 0) is 11.3 Å². The van der Waals surface area contributed by atoms with Crippen LogP contribution in [0.1, 0.15) is 28.9 Å². The summed E-state index contributed by atoms with van der Waals surface area (Å²) in [4.78, 5) is 0. The summed E-state index contributed by atoms with van der Waals surface area (Å²) in [6.45, 7) is 0.0740. The molecule has 4 rings (SSSR count). The molecule has 0 bridgehead atoms. The predicted molar refractivity (Wildman–Crippen MR) is 74.8 cm³/mol. The number of ether oxygens (including phenoxy) is 2. The summed E-state index contributed by atoms with van der Waals surface area (Å²) in [7, 11) is 0. The van der Waals surface area contributed by atoms with E-state index in [1.165, 1.54) is 18.2 Å². The van der Waals surface area contributed by atoms with Gasteiger partial charge >= 0.3 is 0 Å². The van der Waals surface area contributed by atoms with E-state index in [0.717, 1.165) is 0 Å². The summed E-state index contributed by atoms with van der Waals surface area (Å²) in [6, 6.07) is 7.53. The van der Waals surface area contributed by atoms with Gasteiger partial charge in [-0.15, -0.1) is 0 Å². The maximum atomic E-state index is 10.5. The Kier molecular flexibility index (Phi) is 2.72. The fourth-order valence-electron chi connectivity index (χ4n) is 3.07. The van der Waals surface area contributed by atoms with E-state index in [0.29, 0.717) is 22.4 Å². The first-order chi connectivity index (χ1) is 10.6. The first kappa shape index (κ1) is 13.2. The molecule has 6 heteroatoms. The minimum atomic E-state index is -0.904. The van der Waals surface area contributed by atoms with Crippen LogP contribution in [0.25, 0.3) is 0 Å². The van der Waals surface area contributed by atoms with Gasteiger partial charge in [0, 0.05) is 22.8 Å². The third-order valence-electron chi connectivity index (χ3n) is 4.20. The summed E-state index contributed by atoms with van der Waals surface area (Å²) in [6.07, 6.45) is -2.15. The largest absolute Gasteiger partial charge is 0.508 e. The molecule has 2 aliphatic rings. The molecule has 0 saturated carbocycles. The molecule has 2 aromatic rings. The SMILES string of the molecule is Oc1ccc2c(c1)O[C@@H]1c3ccc(O)c(O)c3CO[C@@H]1[C@@H]2O. The molecule has 2 aromatic carbocycles. The number of aromatic hydroxyl groups is 3. The number of aliphatic hydroxyl groups is 1. The second-order valence-corrected chi connectivity index (χ2v) is 5.48. The summed E-state index contributed by atoms with van der Waals surface area (Å²) in [5.74, 6) is -0.0568. The number of hydrogen-bond acceptors (Lipinski definition) is 6. The third-order valence-corrected chi connectivity index (χ3v) is 4.20. The molecule has 22 heavy (non-hydrogen) atoms. The quantitative estimate of drug-likeness (QED) is 0.554. The Labute approximate surface area is 125 Å². The Hall–Kier alpha value is -2.44. The first-order valence-electron chi connectivity index (χ1n) is 6.89. The molecular weight excluding hydrogens is 288 g/mol. The lowest BCUT2D eigenvalue weighted by atomic mass is 9.87. The van der Waals surface area contributed by atoms with Gasteiger partial charge in [-0.2, -0.15) is 0 Å². The van der Waals surface area contributed by atoms with Crippen molar-refractivity contribution in [3.05, 3.63) is 47.0 Å². The van der Waals surface area contributed by atoms with Crippen LogP contribution >= 0.6 is 0 Å². The minimum Gasteiger partial charge on any atom is -0.508 e. The monoisotopic (exact) mass is 302 g/mol. The molecule has 114 valence electrons. The second kappa shape index (κ2) is 4.53. The topological polar surface area (TPSA) is 99.4 Å². The average molecular weight is 302 g/mol. The average Bonchev–Trinajstić information content (AvgIpc) is 2.50. The van der Waals surface area contributed by atoms with Gasteiger partial charge in [-0.05, 0) is 18.2 Å². The third kappa shape index (κ3) is 1.74. The maximum absolute atomic E-state index is 10.5. The van der Waals surface area contributed by atoms with Gasteiger partial charge in [0.05, 0.1) is 6.61 Å². The number of fused-ring (bicyclic) bond motifs is 4. The van der Waals surface area contributed by atoms with Crippen molar-refractivity contribution in [3.63, 3.8) is 0 Å². The zero-order chi connectivity index (χ0) is 15.4. The van der Waals surface area contributed by atoms with Crippen molar-refractivity contribution in [1.29, 1.82) is 0 Å². The Morgan fingerprint density at radius 2 is 1.77 bits per heavy atom. The van der Waals surface area contributed by atoms with E-state index in [4.69, 9.17) is 9.47 Å². The van der Waals surface area contributed by atoms with E-state index in [-0.39, 0.29) is 23.9 Å². The van der Waals surface area contributed by atoms with Gasteiger partial charge in [0.1, 0.15) is 23.7 Å². The number of hydrogen-bond donors (Lipinski definition) is 4. The van der Waals surface area contributed by atoms with E-state index in [1.807, 2.05) is 0 Å². The lowest BCUT2D eigenvalue weighted by Crippen LogP contribution is -2.39. The van der Waals surface area contributed by atoms with Crippen LogP contribution in [0.2, 0.25) is 0 Å². The highest BCUT2D eigenvalue weighted by molar-refractivity contribution is 5.52. The molecule has 0 aromatic heterocycles. The maximum Gasteiger partial charge on any atom is 0.163 e. The lowest BCUT2D eigenvalue weighted by Gasteiger charge is -2.40. The number of benzene rings is 2. The fourth-order valence-corrected chi connectivity index (χ4v) is 3.07. The van der Waals surface area contributed by atoms with E-state index >= 15 is 0 Å². The molecule has 6 nitrogen and oxygen atoms in total. The number of aliphatic hydroxyl groups excluding tert-OH is 1. The molecule has 0 amide bonds. The molecule has 2 heterocycles. The number of rotatable bonds is 0. The van der Waals surface area contributed by atoms with E-state index < -0.39 is 18.3 Å². The van der Waals surface area contributed by atoms with Crippen molar-refractivity contribution in [2.24, 2.45) is 0 Å².